The van der Waals surface area contributed by atoms with E-state index < -0.39 is 0 Å². The fourth-order valence-electron chi connectivity index (χ4n) is 7.06. The van der Waals surface area contributed by atoms with Crippen molar-refractivity contribution < 1.29 is 0 Å². The normalized spacial score (nSPS) is 11.6. The van der Waals surface area contributed by atoms with Crippen molar-refractivity contribution in [1.82, 2.24) is 24.9 Å². The molecule has 0 N–H and O–H groups in total. The van der Waals surface area contributed by atoms with Crippen molar-refractivity contribution in [2.75, 3.05) is 0 Å². The van der Waals surface area contributed by atoms with E-state index in [-0.39, 0.29) is 0 Å². The maximum atomic E-state index is 5.10. The second-order valence-electron chi connectivity index (χ2n) is 12.6. The van der Waals surface area contributed by atoms with Crippen LogP contribution in [0.1, 0.15) is 0 Å². The molecule has 0 spiro atoms. The number of pyridine rings is 5. The number of hydrogen-bond donors (Lipinski definition) is 0. The summed E-state index contributed by atoms with van der Waals surface area (Å²) in [4.78, 5) is 24.0. The summed E-state index contributed by atoms with van der Waals surface area (Å²) in [6.45, 7) is 0. The van der Waals surface area contributed by atoms with Crippen LogP contribution in [-0.2, 0) is 0 Å². The topological polar surface area (TPSA) is 64.5 Å². The Balaban J connectivity index is 0.957. The minimum atomic E-state index is 0.920. The van der Waals surface area contributed by atoms with Gasteiger partial charge in [0.05, 0.1) is 39.0 Å². The van der Waals surface area contributed by atoms with E-state index in [0.29, 0.717) is 0 Å². The van der Waals surface area contributed by atoms with Crippen molar-refractivity contribution in [3.63, 3.8) is 0 Å². The molecule has 5 aromatic carbocycles. The van der Waals surface area contributed by atoms with Crippen molar-refractivity contribution in [2.45, 2.75) is 0 Å². The SMILES string of the molecule is c1cnc2c(c1)ccc1c(-c3ccc(-c4ccc5cc(-c6ccc7ccc(-c8ccnc9ccccc89)nc7c6)ccc5n4)cc3)ccnc12. The van der Waals surface area contributed by atoms with Crippen LogP contribution in [0.5, 0.6) is 0 Å². The van der Waals surface area contributed by atoms with Gasteiger partial charge < -0.3 is 0 Å². The standard InChI is InChI=1S/C45H27N5/c1-2-6-41-36(5-1)37(22-24-46-41)42-20-14-30-11-12-33(27-43(30)50-42)32-15-18-40-34(26-32)16-19-39(49-40)29-9-7-28(8-10-29)35-21-25-48-45-38(35)17-13-31-4-3-23-47-44(31)45/h1-27H. The van der Waals surface area contributed by atoms with Crippen LogP contribution >= 0.6 is 0 Å². The molecule has 0 radical (unpaired) electrons. The molecule has 50 heavy (non-hydrogen) atoms. The maximum absolute atomic E-state index is 5.10. The third-order valence-corrected chi connectivity index (χ3v) is 9.61. The lowest BCUT2D eigenvalue weighted by Crippen LogP contribution is -1.90. The molecular formula is C45H27N5. The van der Waals surface area contributed by atoms with E-state index in [4.69, 9.17) is 9.97 Å². The quantitative estimate of drug-likeness (QED) is 0.180. The summed E-state index contributed by atoms with van der Waals surface area (Å²) in [5.41, 5.74) is 13.3. The lowest BCUT2D eigenvalue weighted by atomic mass is 9.98. The second kappa shape index (κ2) is 11.4. The van der Waals surface area contributed by atoms with E-state index in [9.17, 15) is 0 Å². The molecule has 0 unspecified atom stereocenters. The number of para-hydroxylation sites is 1. The summed E-state index contributed by atoms with van der Waals surface area (Å²) >= 11 is 0. The molecule has 0 saturated carbocycles. The van der Waals surface area contributed by atoms with Gasteiger partial charge in [-0.25, -0.2) is 9.97 Å². The van der Waals surface area contributed by atoms with Gasteiger partial charge in [-0.2, -0.15) is 0 Å². The van der Waals surface area contributed by atoms with Crippen molar-refractivity contribution in [1.29, 1.82) is 0 Å². The van der Waals surface area contributed by atoms with E-state index in [2.05, 4.69) is 130 Å². The van der Waals surface area contributed by atoms with E-state index in [1.807, 2.05) is 48.9 Å². The molecule has 0 aliphatic carbocycles. The van der Waals surface area contributed by atoms with Crippen LogP contribution in [0.3, 0.4) is 0 Å². The maximum Gasteiger partial charge on any atom is 0.0970 e. The van der Waals surface area contributed by atoms with Crippen LogP contribution in [-0.4, -0.2) is 24.9 Å². The Labute approximate surface area is 287 Å². The Hall–Kier alpha value is -6.85. The highest BCUT2D eigenvalue weighted by atomic mass is 14.7. The number of benzene rings is 5. The molecule has 0 bridgehead atoms. The van der Waals surface area contributed by atoms with Crippen LogP contribution in [0, 0.1) is 0 Å². The number of nitrogens with zero attached hydrogens (tertiary/aromatic N) is 5. The molecule has 10 aromatic rings. The fraction of sp³-hybridized carbons (Fsp3) is 0. The van der Waals surface area contributed by atoms with Crippen LogP contribution in [0.2, 0.25) is 0 Å². The molecular weight excluding hydrogens is 611 g/mol. The smallest absolute Gasteiger partial charge is 0.0970 e. The highest BCUT2D eigenvalue weighted by molar-refractivity contribution is 6.08. The predicted molar refractivity (Wildman–Crippen MR) is 205 cm³/mol. The fourth-order valence-corrected chi connectivity index (χ4v) is 7.06. The number of aromatic nitrogens is 5. The number of fused-ring (bicyclic) bond motifs is 6. The first-order chi connectivity index (χ1) is 24.7. The molecule has 0 fully saturated rings. The monoisotopic (exact) mass is 637 g/mol. The first-order valence-electron chi connectivity index (χ1n) is 16.6. The van der Waals surface area contributed by atoms with Gasteiger partial charge in [0.15, 0.2) is 0 Å². The predicted octanol–water partition coefficient (Wildman–Crippen LogP) is 11.1. The van der Waals surface area contributed by atoms with Crippen LogP contribution in [0.4, 0.5) is 0 Å². The van der Waals surface area contributed by atoms with Crippen LogP contribution in [0.15, 0.2) is 164 Å². The third-order valence-electron chi connectivity index (χ3n) is 9.61. The molecule has 232 valence electrons. The Morgan fingerprint density at radius 2 is 1.02 bits per heavy atom. The van der Waals surface area contributed by atoms with Gasteiger partial charge in [-0.05, 0) is 76.9 Å². The zero-order valence-corrected chi connectivity index (χ0v) is 26.8. The number of hydrogen-bond acceptors (Lipinski definition) is 5. The highest BCUT2D eigenvalue weighted by Crippen LogP contribution is 2.34. The van der Waals surface area contributed by atoms with Crippen molar-refractivity contribution in [2.24, 2.45) is 0 Å². The summed E-state index contributed by atoms with van der Waals surface area (Å²) in [5.74, 6) is 0. The molecule has 0 aliphatic rings. The Morgan fingerprint density at radius 3 is 1.98 bits per heavy atom. The van der Waals surface area contributed by atoms with E-state index in [1.165, 1.54) is 0 Å². The van der Waals surface area contributed by atoms with E-state index in [1.54, 1.807) is 0 Å². The lowest BCUT2D eigenvalue weighted by Gasteiger charge is -2.10. The van der Waals surface area contributed by atoms with Gasteiger partial charge in [-0.15, -0.1) is 0 Å². The molecule has 0 amide bonds. The lowest BCUT2D eigenvalue weighted by molar-refractivity contribution is 1.37. The average molecular weight is 638 g/mol. The van der Waals surface area contributed by atoms with Crippen molar-refractivity contribution in [3.05, 3.63) is 164 Å². The third kappa shape index (κ3) is 4.75. The highest BCUT2D eigenvalue weighted by Gasteiger charge is 2.11. The van der Waals surface area contributed by atoms with Gasteiger partial charge >= 0.3 is 0 Å². The largest absolute Gasteiger partial charge is 0.256 e. The van der Waals surface area contributed by atoms with Gasteiger partial charge in [-0.3, -0.25) is 15.0 Å². The Bertz CT molecular complexity index is 2930. The van der Waals surface area contributed by atoms with Gasteiger partial charge in [0.1, 0.15) is 0 Å². The first kappa shape index (κ1) is 28.2. The van der Waals surface area contributed by atoms with E-state index >= 15 is 0 Å². The molecule has 10 rings (SSSR count). The second-order valence-corrected chi connectivity index (χ2v) is 12.6. The molecule has 0 atom stereocenters. The number of rotatable bonds is 4. The molecule has 0 aliphatic heterocycles. The summed E-state index contributed by atoms with van der Waals surface area (Å²) in [7, 11) is 0. The van der Waals surface area contributed by atoms with Gasteiger partial charge in [-0.1, -0.05) is 91.0 Å². The van der Waals surface area contributed by atoms with Gasteiger partial charge in [0.25, 0.3) is 0 Å². The molecule has 5 aromatic heterocycles. The summed E-state index contributed by atoms with van der Waals surface area (Å²) in [6.07, 6.45) is 5.55. The summed E-state index contributed by atoms with van der Waals surface area (Å²) in [5, 5.41) is 5.49. The molecule has 5 nitrogen and oxygen atoms in total. The van der Waals surface area contributed by atoms with Crippen molar-refractivity contribution in [3.8, 4) is 44.8 Å². The van der Waals surface area contributed by atoms with Gasteiger partial charge in [0, 0.05) is 56.6 Å². The molecule has 5 heterocycles. The minimum absolute atomic E-state index is 0.920. The molecule has 5 heteroatoms. The van der Waals surface area contributed by atoms with E-state index in [0.717, 1.165) is 99.3 Å². The van der Waals surface area contributed by atoms with Crippen molar-refractivity contribution >= 4 is 54.5 Å². The van der Waals surface area contributed by atoms with Crippen LogP contribution < -0.4 is 0 Å². The zero-order chi connectivity index (χ0) is 33.0. The van der Waals surface area contributed by atoms with Crippen LogP contribution in [0.25, 0.3) is 99.3 Å². The van der Waals surface area contributed by atoms with Gasteiger partial charge in [0.2, 0.25) is 0 Å². The Kier molecular flexibility index (Phi) is 6.42. The summed E-state index contributed by atoms with van der Waals surface area (Å²) < 4.78 is 0. The average Bonchev–Trinajstić information content (AvgIpc) is 3.19. The summed E-state index contributed by atoms with van der Waals surface area (Å²) in [6, 6.07) is 50.7. The molecule has 0 saturated heterocycles. The minimum Gasteiger partial charge on any atom is -0.256 e. The zero-order valence-electron chi connectivity index (χ0n) is 26.8. The first-order valence-corrected chi connectivity index (χ1v) is 16.6. The Morgan fingerprint density at radius 1 is 0.320 bits per heavy atom.